The summed E-state index contributed by atoms with van der Waals surface area (Å²) < 4.78 is 0. The van der Waals surface area contributed by atoms with Gasteiger partial charge >= 0.3 is 0 Å². The van der Waals surface area contributed by atoms with Crippen LogP contribution in [0.5, 0.6) is 0 Å². The molecule has 0 saturated heterocycles. The van der Waals surface area contributed by atoms with E-state index < -0.39 is 0 Å². The van der Waals surface area contributed by atoms with Crippen LogP contribution in [-0.2, 0) is 5.41 Å². The van der Waals surface area contributed by atoms with E-state index in [9.17, 15) is 0 Å². The highest BCUT2D eigenvalue weighted by molar-refractivity contribution is 5.43. The van der Waals surface area contributed by atoms with Gasteiger partial charge in [0, 0.05) is 5.69 Å². The minimum absolute atomic E-state index is 0.487. The molecule has 8 saturated carbocycles. The van der Waals surface area contributed by atoms with Crippen molar-refractivity contribution in [2.24, 2.45) is 40.4 Å². The van der Waals surface area contributed by atoms with Gasteiger partial charge in [-0.05, 0) is 141 Å². The summed E-state index contributed by atoms with van der Waals surface area (Å²) in [5, 5.41) is 0. The average molecular weight is 362 g/mol. The number of benzene rings is 1. The van der Waals surface area contributed by atoms with E-state index in [-0.39, 0.29) is 0 Å². The Kier molecular flexibility index (Phi) is 2.91. The SMILES string of the molecule is Nc1ccc(C23CC4CC(C2)CC(C25CC6CC(CC(C6)C2)C5)(C4)C3)cc1. The lowest BCUT2D eigenvalue weighted by Gasteiger charge is -2.72. The number of anilines is 1. The maximum atomic E-state index is 6.05. The number of nitrogens with two attached hydrogens (primary N) is 1. The van der Waals surface area contributed by atoms with E-state index in [1.807, 2.05) is 0 Å². The molecule has 0 radical (unpaired) electrons. The summed E-state index contributed by atoms with van der Waals surface area (Å²) >= 11 is 0. The summed E-state index contributed by atoms with van der Waals surface area (Å²) in [6.45, 7) is 0. The van der Waals surface area contributed by atoms with Gasteiger partial charge < -0.3 is 5.73 Å². The molecule has 27 heavy (non-hydrogen) atoms. The van der Waals surface area contributed by atoms with Crippen molar-refractivity contribution in [2.75, 3.05) is 5.73 Å². The van der Waals surface area contributed by atoms with Crippen LogP contribution < -0.4 is 5.73 Å². The lowest BCUT2D eigenvalue weighted by molar-refractivity contribution is -0.205. The molecule has 1 aromatic rings. The van der Waals surface area contributed by atoms with Gasteiger partial charge in [0.2, 0.25) is 0 Å². The molecule has 8 aliphatic rings. The molecule has 9 rings (SSSR count). The fourth-order valence-electron chi connectivity index (χ4n) is 10.8. The summed E-state index contributed by atoms with van der Waals surface area (Å²) in [6, 6.07) is 9.14. The van der Waals surface area contributed by atoms with Crippen LogP contribution in [0, 0.1) is 40.4 Å². The minimum atomic E-state index is 0.487. The van der Waals surface area contributed by atoms with Crippen LogP contribution in [0.3, 0.4) is 0 Å². The summed E-state index contributed by atoms with van der Waals surface area (Å²) in [5.41, 5.74) is 10.5. The molecule has 2 atom stereocenters. The molecule has 8 fully saturated rings. The van der Waals surface area contributed by atoms with Crippen molar-refractivity contribution in [3.8, 4) is 0 Å². The number of rotatable bonds is 2. The van der Waals surface area contributed by atoms with Crippen LogP contribution >= 0.6 is 0 Å². The number of hydrogen-bond acceptors (Lipinski definition) is 1. The Bertz CT molecular complexity index is 725. The van der Waals surface area contributed by atoms with Gasteiger partial charge in [-0.1, -0.05) is 12.1 Å². The molecule has 2 unspecified atom stereocenters. The van der Waals surface area contributed by atoms with Crippen LogP contribution in [0.1, 0.15) is 82.6 Å². The topological polar surface area (TPSA) is 26.0 Å². The second kappa shape index (κ2) is 4.95. The molecule has 0 heterocycles. The number of hydrogen-bond donors (Lipinski definition) is 1. The van der Waals surface area contributed by atoms with Crippen LogP contribution in [0.15, 0.2) is 24.3 Å². The van der Waals surface area contributed by atoms with E-state index in [1.165, 1.54) is 19.3 Å². The van der Waals surface area contributed by atoms with Crippen molar-refractivity contribution in [1.29, 1.82) is 0 Å². The fourth-order valence-corrected chi connectivity index (χ4v) is 10.8. The van der Waals surface area contributed by atoms with Crippen molar-refractivity contribution < 1.29 is 0 Å². The van der Waals surface area contributed by atoms with E-state index in [0.29, 0.717) is 10.8 Å². The third-order valence-electron chi connectivity index (χ3n) is 10.7. The van der Waals surface area contributed by atoms with E-state index in [2.05, 4.69) is 24.3 Å². The predicted octanol–water partition coefficient (Wildman–Crippen LogP) is 6.32. The van der Waals surface area contributed by atoms with Crippen molar-refractivity contribution >= 4 is 5.69 Å². The van der Waals surface area contributed by atoms with Crippen molar-refractivity contribution in [2.45, 2.75) is 82.5 Å². The zero-order valence-electron chi connectivity index (χ0n) is 16.8. The second-order valence-electron chi connectivity index (χ2n) is 12.3. The molecule has 8 aliphatic carbocycles. The minimum Gasteiger partial charge on any atom is -0.399 e. The average Bonchev–Trinajstić information content (AvgIpc) is 2.60. The first-order valence-corrected chi connectivity index (χ1v) is 11.9. The Morgan fingerprint density at radius 2 is 1.07 bits per heavy atom. The summed E-state index contributed by atoms with van der Waals surface area (Å²) in [6.07, 6.45) is 18.8. The van der Waals surface area contributed by atoms with E-state index in [1.54, 1.807) is 63.4 Å². The Labute approximate surface area is 164 Å². The Morgan fingerprint density at radius 1 is 0.593 bits per heavy atom. The van der Waals surface area contributed by atoms with Crippen LogP contribution in [0.4, 0.5) is 5.69 Å². The molecule has 0 aliphatic heterocycles. The molecular formula is C26H35N. The van der Waals surface area contributed by atoms with E-state index >= 15 is 0 Å². The maximum absolute atomic E-state index is 6.05. The van der Waals surface area contributed by atoms with Gasteiger partial charge in [0.25, 0.3) is 0 Å². The van der Waals surface area contributed by atoms with Gasteiger partial charge in [-0.2, -0.15) is 0 Å². The summed E-state index contributed by atoms with van der Waals surface area (Å²) in [5.74, 6) is 5.30. The lowest BCUT2D eigenvalue weighted by Crippen LogP contribution is -2.63. The van der Waals surface area contributed by atoms with Gasteiger partial charge in [0.05, 0.1) is 0 Å². The Balaban J connectivity index is 1.33. The third-order valence-corrected chi connectivity index (χ3v) is 10.7. The predicted molar refractivity (Wildman–Crippen MR) is 110 cm³/mol. The zero-order chi connectivity index (χ0) is 17.9. The van der Waals surface area contributed by atoms with E-state index in [0.717, 1.165) is 40.7 Å². The smallest absolute Gasteiger partial charge is 0.0314 e. The normalized spacial score (nSPS) is 54.6. The van der Waals surface area contributed by atoms with Gasteiger partial charge in [0.1, 0.15) is 0 Å². The maximum Gasteiger partial charge on any atom is 0.0314 e. The summed E-state index contributed by atoms with van der Waals surface area (Å²) in [4.78, 5) is 0. The van der Waals surface area contributed by atoms with E-state index in [4.69, 9.17) is 5.73 Å². The molecule has 2 N–H and O–H groups in total. The molecular weight excluding hydrogens is 326 g/mol. The van der Waals surface area contributed by atoms with Crippen molar-refractivity contribution in [3.63, 3.8) is 0 Å². The molecule has 1 nitrogen and oxygen atoms in total. The van der Waals surface area contributed by atoms with Crippen molar-refractivity contribution in [1.82, 2.24) is 0 Å². The molecule has 0 amide bonds. The lowest BCUT2D eigenvalue weighted by atomic mass is 9.32. The first-order chi connectivity index (χ1) is 13.1. The Morgan fingerprint density at radius 3 is 1.63 bits per heavy atom. The van der Waals surface area contributed by atoms with Gasteiger partial charge in [0.15, 0.2) is 0 Å². The standard InChI is InChI=1S/C26H35N/c27-23-3-1-22(2-4-23)24-9-20-8-21(10-24)15-26(14-20,16-24)25-11-17-5-18(12-25)7-19(6-17)13-25/h1-4,17-21H,5-16,27H2. The van der Waals surface area contributed by atoms with Gasteiger partial charge in [-0.3, -0.25) is 0 Å². The van der Waals surface area contributed by atoms with Crippen molar-refractivity contribution in [3.05, 3.63) is 29.8 Å². The van der Waals surface area contributed by atoms with Crippen LogP contribution in [-0.4, -0.2) is 0 Å². The summed E-state index contributed by atoms with van der Waals surface area (Å²) in [7, 11) is 0. The molecule has 1 heteroatoms. The third kappa shape index (κ3) is 2.02. The second-order valence-corrected chi connectivity index (χ2v) is 12.3. The molecule has 8 bridgehead atoms. The van der Waals surface area contributed by atoms with Crippen LogP contribution in [0.25, 0.3) is 0 Å². The quantitative estimate of drug-likeness (QED) is 0.613. The first-order valence-electron chi connectivity index (χ1n) is 11.9. The molecule has 144 valence electrons. The van der Waals surface area contributed by atoms with Gasteiger partial charge in [-0.15, -0.1) is 0 Å². The monoisotopic (exact) mass is 361 g/mol. The highest BCUT2D eigenvalue weighted by Gasteiger charge is 2.67. The fraction of sp³-hybridized carbons (Fsp3) is 0.769. The largest absolute Gasteiger partial charge is 0.399 e. The highest BCUT2D eigenvalue weighted by Crippen LogP contribution is 2.77. The van der Waals surface area contributed by atoms with Crippen LogP contribution in [0.2, 0.25) is 0 Å². The number of nitrogen functional groups attached to an aromatic ring is 1. The van der Waals surface area contributed by atoms with Gasteiger partial charge in [-0.25, -0.2) is 0 Å². The zero-order valence-corrected chi connectivity index (χ0v) is 16.8. The molecule has 1 aromatic carbocycles. The highest BCUT2D eigenvalue weighted by atomic mass is 14.7. The first kappa shape index (κ1) is 15.9. The Hall–Kier alpha value is -0.980. The molecule has 0 spiro atoms. The molecule has 0 aromatic heterocycles.